The van der Waals surface area contributed by atoms with E-state index < -0.39 is 17.8 Å². The number of urea groups is 1. The minimum Gasteiger partial charge on any atom is -0.490 e. The van der Waals surface area contributed by atoms with Crippen molar-refractivity contribution in [2.45, 2.75) is 32.6 Å². The normalized spacial score (nSPS) is 15.3. The summed E-state index contributed by atoms with van der Waals surface area (Å²) in [4.78, 5) is 38.5. The maximum absolute atomic E-state index is 13.0. The van der Waals surface area contributed by atoms with Crippen LogP contribution in [0.1, 0.15) is 38.2 Å². The lowest BCUT2D eigenvalue weighted by molar-refractivity contribution is -0.122. The van der Waals surface area contributed by atoms with Gasteiger partial charge in [0, 0.05) is 5.02 Å². The molecule has 32 heavy (non-hydrogen) atoms. The third kappa shape index (κ3) is 5.63. The molecule has 0 unspecified atom stereocenters. The van der Waals surface area contributed by atoms with Crippen molar-refractivity contribution in [2.75, 3.05) is 11.5 Å². The van der Waals surface area contributed by atoms with Crippen LogP contribution in [0.2, 0.25) is 15.1 Å². The first-order valence-electron chi connectivity index (χ1n) is 10.1. The van der Waals surface area contributed by atoms with E-state index in [0.717, 1.165) is 30.6 Å². The van der Waals surface area contributed by atoms with Crippen molar-refractivity contribution in [3.63, 3.8) is 0 Å². The summed E-state index contributed by atoms with van der Waals surface area (Å²) in [5.41, 5.74) is 0.406. The molecule has 1 fully saturated rings. The van der Waals surface area contributed by atoms with Crippen molar-refractivity contribution >= 4 is 64.4 Å². The summed E-state index contributed by atoms with van der Waals surface area (Å²) in [6.07, 6.45) is 5.51. The number of nitrogens with zero attached hydrogens (tertiary/aromatic N) is 1. The summed E-state index contributed by atoms with van der Waals surface area (Å²) in [7, 11) is 0. The molecule has 0 saturated carbocycles. The second-order valence-corrected chi connectivity index (χ2v) is 8.41. The van der Waals surface area contributed by atoms with Crippen molar-refractivity contribution in [3.8, 4) is 5.75 Å². The van der Waals surface area contributed by atoms with Gasteiger partial charge in [-0.2, -0.15) is 0 Å². The lowest BCUT2D eigenvalue weighted by Crippen LogP contribution is -2.54. The van der Waals surface area contributed by atoms with Crippen LogP contribution in [0.15, 0.2) is 42.0 Å². The van der Waals surface area contributed by atoms with E-state index in [1.165, 1.54) is 18.2 Å². The maximum Gasteiger partial charge on any atom is 0.335 e. The molecule has 1 aliphatic heterocycles. The number of anilines is 1. The number of amides is 4. The van der Waals surface area contributed by atoms with E-state index in [1.54, 1.807) is 24.3 Å². The van der Waals surface area contributed by atoms with E-state index in [9.17, 15) is 14.4 Å². The number of ether oxygens (including phenoxy) is 1. The number of hydrogen-bond acceptors (Lipinski definition) is 4. The minimum absolute atomic E-state index is 0.237. The molecule has 0 aromatic heterocycles. The minimum atomic E-state index is -0.859. The van der Waals surface area contributed by atoms with E-state index in [0.29, 0.717) is 22.9 Å². The highest BCUT2D eigenvalue weighted by Crippen LogP contribution is 2.35. The van der Waals surface area contributed by atoms with Gasteiger partial charge in [-0.25, -0.2) is 9.69 Å². The Labute approximate surface area is 201 Å². The van der Waals surface area contributed by atoms with Crippen LogP contribution in [-0.4, -0.2) is 24.5 Å². The molecule has 3 rings (SSSR count). The van der Waals surface area contributed by atoms with Crippen LogP contribution in [0.25, 0.3) is 6.08 Å². The number of carbonyl (C=O) groups excluding carboxylic acids is 3. The summed E-state index contributed by atoms with van der Waals surface area (Å²) >= 11 is 18.6. The highest BCUT2D eigenvalue weighted by molar-refractivity contribution is 6.40. The Kier molecular flexibility index (Phi) is 8.18. The molecule has 0 spiro atoms. The van der Waals surface area contributed by atoms with Gasteiger partial charge in [0.1, 0.15) is 5.57 Å². The van der Waals surface area contributed by atoms with Crippen LogP contribution < -0.4 is 15.0 Å². The fourth-order valence-electron chi connectivity index (χ4n) is 3.18. The Morgan fingerprint density at radius 3 is 2.38 bits per heavy atom. The molecule has 0 atom stereocenters. The monoisotopic (exact) mass is 494 g/mol. The van der Waals surface area contributed by atoms with Crippen molar-refractivity contribution in [3.05, 3.63) is 62.6 Å². The molecular weight excluding hydrogens is 475 g/mol. The van der Waals surface area contributed by atoms with Gasteiger partial charge in [0.25, 0.3) is 11.8 Å². The highest BCUT2D eigenvalue weighted by Gasteiger charge is 2.36. The smallest absolute Gasteiger partial charge is 0.335 e. The van der Waals surface area contributed by atoms with Crippen molar-refractivity contribution in [1.82, 2.24) is 5.32 Å². The molecule has 0 bridgehead atoms. The van der Waals surface area contributed by atoms with Gasteiger partial charge >= 0.3 is 6.03 Å². The van der Waals surface area contributed by atoms with E-state index in [2.05, 4.69) is 12.2 Å². The summed E-state index contributed by atoms with van der Waals surface area (Å²) in [6.45, 7) is 2.61. The van der Waals surface area contributed by atoms with E-state index >= 15 is 0 Å². The molecule has 1 N–H and O–H groups in total. The van der Waals surface area contributed by atoms with Crippen molar-refractivity contribution < 1.29 is 19.1 Å². The predicted octanol–water partition coefficient (Wildman–Crippen LogP) is 6.27. The Balaban J connectivity index is 1.85. The number of carbonyl (C=O) groups is 3. The Bertz CT molecular complexity index is 1060. The maximum atomic E-state index is 13.0. The fourth-order valence-corrected chi connectivity index (χ4v) is 3.98. The number of nitrogens with one attached hydrogen (secondary N) is 1. The van der Waals surface area contributed by atoms with Gasteiger partial charge < -0.3 is 4.74 Å². The number of unbranched alkanes of at least 4 members (excludes halogenated alkanes) is 3. The molecule has 1 aliphatic rings. The van der Waals surface area contributed by atoms with Crippen LogP contribution in [0.3, 0.4) is 0 Å². The Morgan fingerprint density at radius 1 is 1.00 bits per heavy atom. The van der Waals surface area contributed by atoms with Gasteiger partial charge in [0.15, 0.2) is 5.75 Å². The Morgan fingerprint density at radius 2 is 1.72 bits per heavy atom. The number of imide groups is 2. The molecule has 168 valence electrons. The lowest BCUT2D eigenvalue weighted by atomic mass is 10.1. The zero-order valence-corrected chi connectivity index (χ0v) is 19.6. The van der Waals surface area contributed by atoms with Crippen LogP contribution in [0.5, 0.6) is 5.75 Å². The molecule has 2 aromatic carbocycles. The standard InChI is InChI=1S/C23H21Cl3N2O4/c1-2-3-4-5-9-32-20-18(25)11-14(12-19(20)26)10-17-21(29)27-23(31)28(22(17)30)16-8-6-7-15(24)13-16/h6-8,10-13H,2-5,9H2,1H3,(H,27,29,31)/b17-10+. The van der Waals surface area contributed by atoms with Crippen molar-refractivity contribution in [2.24, 2.45) is 0 Å². The van der Waals surface area contributed by atoms with Gasteiger partial charge in [-0.05, 0) is 48.4 Å². The summed E-state index contributed by atoms with van der Waals surface area (Å²) in [5.74, 6) is -1.26. The Hall–Kier alpha value is -2.54. The summed E-state index contributed by atoms with van der Waals surface area (Å²) < 4.78 is 5.71. The number of hydrogen-bond donors (Lipinski definition) is 1. The molecule has 4 amide bonds. The zero-order valence-electron chi connectivity index (χ0n) is 17.3. The summed E-state index contributed by atoms with van der Waals surface area (Å²) in [5, 5.41) is 3.01. The topological polar surface area (TPSA) is 75.7 Å². The molecular formula is C23H21Cl3N2O4. The number of barbiturate groups is 1. The first-order valence-corrected chi connectivity index (χ1v) is 11.2. The number of halogens is 3. The van der Waals surface area contributed by atoms with Crippen LogP contribution in [0, 0.1) is 0 Å². The van der Waals surface area contributed by atoms with Crippen LogP contribution >= 0.6 is 34.8 Å². The molecule has 6 nitrogen and oxygen atoms in total. The van der Waals surface area contributed by atoms with Crippen molar-refractivity contribution in [1.29, 1.82) is 0 Å². The average Bonchev–Trinajstić information content (AvgIpc) is 2.72. The second-order valence-electron chi connectivity index (χ2n) is 7.16. The van der Waals surface area contributed by atoms with Gasteiger partial charge in [0.05, 0.1) is 22.3 Å². The summed E-state index contributed by atoms with van der Waals surface area (Å²) in [6, 6.07) is 8.42. The fraction of sp³-hybridized carbons (Fsp3) is 0.261. The molecule has 0 radical (unpaired) electrons. The SMILES string of the molecule is CCCCCCOc1c(Cl)cc(/C=C2\C(=O)NC(=O)N(c3cccc(Cl)c3)C2=O)cc1Cl. The first-order chi connectivity index (χ1) is 15.3. The van der Waals surface area contributed by atoms with E-state index in [1.807, 2.05) is 0 Å². The third-order valence-electron chi connectivity index (χ3n) is 4.74. The highest BCUT2D eigenvalue weighted by atomic mass is 35.5. The second kappa shape index (κ2) is 10.9. The quantitative estimate of drug-likeness (QED) is 0.266. The lowest BCUT2D eigenvalue weighted by Gasteiger charge is -2.26. The molecule has 2 aromatic rings. The molecule has 9 heteroatoms. The van der Waals surface area contributed by atoms with E-state index in [4.69, 9.17) is 39.5 Å². The number of benzene rings is 2. The van der Waals surface area contributed by atoms with E-state index in [-0.39, 0.29) is 21.3 Å². The molecule has 1 heterocycles. The van der Waals surface area contributed by atoms with Gasteiger partial charge in [-0.15, -0.1) is 0 Å². The number of rotatable bonds is 8. The largest absolute Gasteiger partial charge is 0.490 e. The predicted molar refractivity (Wildman–Crippen MR) is 127 cm³/mol. The molecule has 0 aliphatic carbocycles. The van der Waals surface area contributed by atoms with Gasteiger partial charge in [-0.3, -0.25) is 14.9 Å². The first kappa shape index (κ1) is 24.1. The van der Waals surface area contributed by atoms with Crippen LogP contribution in [-0.2, 0) is 9.59 Å². The zero-order chi connectivity index (χ0) is 23.3. The van der Waals surface area contributed by atoms with Gasteiger partial charge in [-0.1, -0.05) is 67.1 Å². The molecule has 1 saturated heterocycles. The average molecular weight is 496 g/mol. The van der Waals surface area contributed by atoms with Gasteiger partial charge in [0.2, 0.25) is 0 Å². The van der Waals surface area contributed by atoms with Crippen LogP contribution in [0.4, 0.5) is 10.5 Å². The third-order valence-corrected chi connectivity index (χ3v) is 5.54.